The van der Waals surface area contributed by atoms with Crippen LogP contribution >= 0.6 is 0 Å². The first-order valence-electron chi connectivity index (χ1n) is 9.95. The molecule has 1 aromatic heterocycles. The van der Waals surface area contributed by atoms with Gasteiger partial charge in [-0.3, -0.25) is 4.79 Å². The van der Waals surface area contributed by atoms with Crippen molar-refractivity contribution in [2.45, 2.75) is 33.3 Å². The number of methoxy groups -OCH3 is 1. The summed E-state index contributed by atoms with van der Waals surface area (Å²) >= 11 is 0. The number of carbonyl (C=O) groups excluding carboxylic acids is 1. The zero-order chi connectivity index (χ0) is 21.7. The predicted octanol–water partition coefficient (Wildman–Crippen LogP) is 3.53. The fourth-order valence-electron chi connectivity index (χ4n) is 3.40. The van der Waals surface area contributed by atoms with Crippen LogP contribution in [0.25, 0.3) is 11.0 Å². The van der Waals surface area contributed by atoms with Gasteiger partial charge in [-0.2, -0.15) is 0 Å². The lowest BCUT2D eigenvalue weighted by molar-refractivity contribution is -0.127. The number of carbonyl (C=O) groups is 1. The highest BCUT2D eigenvalue weighted by Gasteiger charge is 2.20. The summed E-state index contributed by atoms with van der Waals surface area (Å²) in [5.74, 6) is 0.288. The van der Waals surface area contributed by atoms with Crippen molar-refractivity contribution in [3.63, 3.8) is 0 Å². The Balaban J connectivity index is 1.99. The molecule has 0 radical (unpaired) electrons. The third kappa shape index (κ3) is 4.89. The van der Waals surface area contributed by atoms with Crippen LogP contribution in [0.1, 0.15) is 29.2 Å². The molecule has 1 amide bonds. The number of fused-ring (bicyclic) bond motifs is 1. The molecular weight excluding hydrogens is 382 g/mol. The Labute approximate surface area is 175 Å². The minimum Gasteiger partial charge on any atom is -0.480 e. The molecule has 0 aliphatic heterocycles. The van der Waals surface area contributed by atoms with Crippen LogP contribution in [0.2, 0.25) is 0 Å². The quantitative estimate of drug-likeness (QED) is 0.455. The molecule has 1 N–H and O–H groups in total. The maximum absolute atomic E-state index is 12.7. The van der Waals surface area contributed by atoms with Crippen molar-refractivity contribution in [3.8, 4) is 5.75 Å². The van der Waals surface area contributed by atoms with Crippen LogP contribution in [0.5, 0.6) is 5.75 Å². The van der Waals surface area contributed by atoms with Crippen molar-refractivity contribution in [1.29, 1.82) is 0 Å². The van der Waals surface area contributed by atoms with Gasteiger partial charge >= 0.3 is 5.63 Å². The molecule has 0 aliphatic carbocycles. The summed E-state index contributed by atoms with van der Waals surface area (Å²) < 4.78 is 16.6. The largest absolute Gasteiger partial charge is 0.480 e. The van der Waals surface area contributed by atoms with Gasteiger partial charge in [0.25, 0.3) is 5.91 Å². The molecule has 0 saturated carbocycles. The van der Waals surface area contributed by atoms with Crippen LogP contribution in [0.4, 0.5) is 0 Å². The summed E-state index contributed by atoms with van der Waals surface area (Å²) in [4.78, 5) is 25.0. The summed E-state index contributed by atoms with van der Waals surface area (Å²) in [5.41, 5.74) is 3.38. The van der Waals surface area contributed by atoms with E-state index in [1.54, 1.807) is 14.0 Å². The van der Waals surface area contributed by atoms with Crippen LogP contribution < -0.4 is 15.7 Å². The Hall–Kier alpha value is -3.12. The van der Waals surface area contributed by atoms with Gasteiger partial charge in [-0.1, -0.05) is 30.3 Å². The zero-order valence-corrected chi connectivity index (χ0v) is 17.8. The average molecular weight is 409 g/mol. The normalized spacial score (nSPS) is 12.0. The van der Waals surface area contributed by atoms with Gasteiger partial charge in [-0.15, -0.1) is 0 Å². The van der Waals surface area contributed by atoms with E-state index in [0.717, 1.165) is 16.7 Å². The highest BCUT2D eigenvalue weighted by atomic mass is 16.5. The van der Waals surface area contributed by atoms with E-state index in [9.17, 15) is 9.59 Å². The molecule has 0 fully saturated rings. The Morgan fingerprint density at radius 2 is 1.90 bits per heavy atom. The van der Waals surface area contributed by atoms with Crippen LogP contribution in [-0.4, -0.2) is 32.3 Å². The number of aryl methyl sites for hydroxylation is 2. The second-order valence-corrected chi connectivity index (χ2v) is 7.34. The number of nitrogens with one attached hydrogen (secondary N) is 1. The first kappa shape index (κ1) is 21.6. The molecule has 30 heavy (non-hydrogen) atoms. The lowest BCUT2D eigenvalue weighted by Gasteiger charge is -2.18. The van der Waals surface area contributed by atoms with E-state index in [-0.39, 0.29) is 11.5 Å². The average Bonchev–Trinajstić information content (AvgIpc) is 2.71. The minimum absolute atomic E-state index is 0.235. The number of rotatable bonds is 8. The maximum atomic E-state index is 12.7. The summed E-state index contributed by atoms with van der Waals surface area (Å²) in [5, 5.41) is 3.48. The molecule has 6 nitrogen and oxygen atoms in total. The third-order valence-corrected chi connectivity index (χ3v) is 4.99. The number of hydrogen-bond acceptors (Lipinski definition) is 5. The molecule has 2 aromatic carbocycles. The van der Waals surface area contributed by atoms with Gasteiger partial charge in [0, 0.05) is 25.6 Å². The van der Waals surface area contributed by atoms with Crippen LogP contribution in [0.15, 0.2) is 51.7 Å². The van der Waals surface area contributed by atoms with Gasteiger partial charge < -0.3 is 19.2 Å². The van der Waals surface area contributed by atoms with Crippen molar-refractivity contribution < 1.29 is 18.7 Å². The number of amides is 1. The Morgan fingerprint density at radius 1 is 1.17 bits per heavy atom. The van der Waals surface area contributed by atoms with Crippen molar-refractivity contribution in [2.24, 2.45) is 0 Å². The van der Waals surface area contributed by atoms with Crippen molar-refractivity contribution in [3.05, 3.63) is 75.1 Å². The number of ether oxygens (including phenoxy) is 2. The Kier molecular flexibility index (Phi) is 6.90. The summed E-state index contributed by atoms with van der Waals surface area (Å²) in [7, 11) is 1.58. The topological polar surface area (TPSA) is 77.8 Å². The SMILES string of the molecule is COCCNC(=O)[C@H](C)Oc1cc(C)cc2oc(=O)c(Cc3ccccc3)c(C)c12. The van der Waals surface area contributed by atoms with Gasteiger partial charge in [0.1, 0.15) is 11.3 Å². The van der Waals surface area contributed by atoms with Gasteiger partial charge in [0.2, 0.25) is 0 Å². The van der Waals surface area contributed by atoms with Crippen LogP contribution in [-0.2, 0) is 16.0 Å². The lowest BCUT2D eigenvalue weighted by Crippen LogP contribution is -2.38. The van der Waals surface area contributed by atoms with Gasteiger partial charge in [0.05, 0.1) is 12.0 Å². The number of hydrogen-bond donors (Lipinski definition) is 1. The highest BCUT2D eigenvalue weighted by Crippen LogP contribution is 2.32. The fraction of sp³-hybridized carbons (Fsp3) is 0.333. The molecule has 0 unspecified atom stereocenters. The maximum Gasteiger partial charge on any atom is 0.340 e. The molecule has 0 saturated heterocycles. The van der Waals surface area contributed by atoms with E-state index in [2.05, 4.69) is 5.32 Å². The summed E-state index contributed by atoms with van der Waals surface area (Å²) in [6, 6.07) is 13.4. The summed E-state index contributed by atoms with van der Waals surface area (Å²) in [6.45, 7) is 6.31. The standard InChI is InChI=1S/C24H27NO5/c1-15-12-20(29-17(3)23(26)25-10-11-28-4)22-16(2)19(24(27)30-21(22)13-15)14-18-8-6-5-7-9-18/h5-9,12-13,17H,10-11,14H2,1-4H3,(H,25,26)/t17-/m0/s1. The molecule has 0 aliphatic rings. The molecule has 0 bridgehead atoms. The van der Waals surface area contributed by atoms with E-state index < -0.39 is 6.10 Å². The molecule has 0 spiro atoms. The second kappa shape index (κ2) is 9.59. The minimum atomic E-state index is -0.712. The predicted molar refractivity (Wildman–Crippen MR) is 116 cm³/mol. The Morgan fingerprint density at radius 3 is 2.60 bits per heavy atom. The van der Waals surface area contributed by atoms with Crippen molar-refractivity contribution in [2.75, 3.05) is 20.3 Å². The number of benzene rings is 2. The highest BCUT2D eigenvalue weighted by molar-refractivity contribution is 5.89. The monoisotopic (exact) mass is 409 g/mol. The van der Waals surface area contributed by atoms with Gasteiger partial charge in [0.15, 0.2) is 6.10 Å². The second-order valence-electron chi connectivity index (χ2n) is 7.34. The van der Waals surface area contributed by atoms with Crippen LogP contribution in [0, 0.1) is 13.8 Å². The Bertz CT molecular complexity index is 1090. The van der Waals surface area contributed by atoms with E-state index >= 15 is 0 Å². The molecule has 1 heterocycles. The zero-order valence-electron chi connectivity index (χ0n) is 17.8. The van der Waals surface area contributed by atoms with E-state index in [1.165, 1.54) is 0 Å². The van der Waals surface area contributed by atoms with Crippen LogP contribution in [0.3, 0.4) is 0 Å². The van der Waals surface area contributed by atoms with Gasteiger partial charge in [-0.25, -0.2) is 4.79 Å². The van der Waals surface area contributed by atoms with E-state index in [0.29, 0.717) is 41.9 Å². The first-order valence-corrected chi connectivity index (χ1v) is 9.95. The van der Waals surface area contributed by atoms with Crippen molar-refractivity contribution in [1.82, 2.24) is 5.32 Å². The molecule has 1 atom stereocenters. The molecule has 3 rings (SSSR count). The first-order chi connectivity index (χ1) is 14.4. The van der Waals surface area contributed by atoms with E-state index in [4.69, 9.17) is 13.9 Å². The third-order valence-electron chi connectivity index (χ3n) is 4.99. The lowest BCUT2D eigenvalue weighted by atomic mass is 9.98. The van der Waals surface area contributed by atoms with Gasteiger partial charge in [-0.05, 0) is 49.6 Å². The summed E-state index contributed by atoms with van der Waals surface area (Å²) in [6.07, 6.45) is -0.249. The molecule has 158 valence electrons. The smallest absolute Gasteiger partial charge is 0.340 e. The molecule has 6 heteroatoms. The van der Waals surface area contributed by atoms with E-state index in [1.807, 2.05) is 56.3 Å². The molecular formula is C24H27NO5. The van der Waals surface area contributed by atoms with Crippen molar-refractivity contribution >= 4 is 16.9 Å². The fourth-order valence-corrected chi connectivity index (χ4v) is 3.40. The molecule has 3 aromatic rings.